The van der Waals surface area contributed by atoms with Crippen molar-refractivity contribution >= 4 is 144 Å². The predicted molar refractivity (Wildman–Crippen MR) is 34.5 cm³/mol. The molecule has 0 radical (unpaired) electrons. The van der Waals surface area contributed by atoms with E-state index in [1.807, 2.05) is 0 Å². The molecule has 0 aromatic rings. The van der Waals surface area contributed by atoms with Crippen LogP contribution in [0.4, 0.5) is 0 Å². The van der Waals surface area contributed by atoms with Crippen LogP contribution in [0.3, 0.4) is 0 Å². The molecule has 0 atom stereocenters. The van der Waals surface area contributed by atoms with Gasteiger partial charge in [-0.15, -0.1) is 0 Å². The molecule has 22 valence electrons. The molecule has 0 aliphatic rings. The fourth-order valence-corrected chi connectivity index (χ4v) is 0. The summed E-state index contributed by atoms with van der Waals surface area (Å²) < 4.78 is 0. The van der Waals surface area contributed by atoms with E-state index in [1.165, 1.54) is 0 Å². The van der Waals surface area contributed by atoms with Crippen LogP contribution < -0.4 is 0 Å². The van der Waals surface area contributed by atoms with Gasteiger partial charge in [-0.25, -0.2) is 0 Å². The third-order valence-corrected chi connectivity index (χ3v) is 0. The Morgan fingerprint density at radius 3 is 0.500 bits per heavy atom. The van der Waals surface area contributed by atoms with Crippen molar-refractivity contribution in [3.8, 4) is 0 Å². The van der Waals surface area contributed by atoms with E-state index in [4.69, 9.17) is 0 Å². The quantitative estimate of drug-likeness (QED) is 0.241. The predicted octanol–water partition coefficient (Wildman–Crippen LogP) is -2.28. The van der Waals surface area contributed by atoms with Gasteiger partial charge in [0, 0.05) is 0 Å². The van der Waals surface area contributed by atoms with Crippen LogP contribution in [0.1, 0.15) is 0 Å². The minimum atomic E-state index is 0. The Labute approximate surface area is 140 Å². The molecule has 6 heavy (non-hydrogen) atoms. The summed E-state index contributed by atoms with van der Waals surface area (Å²) in [5.74, 6) is 0. The van der Waals surface area contributed by atoms with E-state index in [0.29, 0.717) is 0 Å². The van der Waals surface area contributed by atoms with Crippen LogP contribution in [-0.2, 0) is 0 Å². The van der Waals surface area contributed by atoms with Crippen LogP contribution in [-0.4, -0.2) is 144 Å². The molecule has 0 saturated heterocycles. The van der Waals surface area contributed by atoms with Crippen LogP contribution >= 0.6 is 0 Å². The average molecular weight is 878 g/mol. The standard InChI is InChI=1S/2As.In.3Tl/q2*-3;+3;3*+1. The van der Waals surface area contributed by atoms with E-state index in [1.54, 1.807) is 0 Å². The normalized spacial score (nSPS) is 0. The molecule has 0 saturated carbocycles. The van der Waals surface area contributed by atoms with Crippen molar-refractivity contribution in [1.29, 1.82) is 0 Å². The molecule has 0 bridgehead atoms. The molecule has 6 heteroatoms. The van der Waals surface area contributed by atoms with E-state index >= 15 is 0 Å². The first-order valence-electron chi connectivity index (χ1n) is 0. The monoisotopic (exact) mass is 880 g/mol. The van der Waals surface area contributed by atoms with Crippen LogP contribution in [0, 0.1) is 0 Å². The fraction of sp³-hybridized carbons (Fsp3) is 0. The van der Waals surface area contributed by atoms with Gasteiger partial charge in [-0.3, -0.25) is 0 Å². The molecule has 0 rings (SSSR count). The van der Waals surface area contributed by atoms with Crippen molar-refractivity contribution in [3.05, 3.63) is 0 Å². The zero-order chi connectivity index (χ0) is 0. The summed E-state index contributed by atoms with van der Waals surface area (Å²) in [6, 6.07) is 0. The Morgan fingerprint density at radius 1 is 0.500 bits per heavy atom. The first-order valence-corrected chi connectivity index (χ1v) is 0. The zero-order valence-corrected chi connectivity index (χ0v) is 23.7. The molecule has 0 heterocycles. The van der Waals surface area contributed by atoms with Crippen molar-refractivity contribution in [3.63, 3.8) is 0 Å². The third kappa shape index (κ3) is 23.3. The number of rotatable bonds is 0. The molecule has 0 aliphatic carbocycles. The molecular weight excluding hydrogens is 878 g/mol. The molecule has 0 fully saturated rings. The van der Waals surface area contributed by atoms with Crippen molar-refractivity contribution in [2.45, 2.75) is 0 Å². The second kappa shape index (κ2) is 33.1. The van der Waals surface area contributed by atoms with E-state index < -0.39 is 0 Å². The molecule has 0 aromatic heterocycles. The summed E-state index contributed by atoms with van der Waals surface area (Å²) in [5.41, 5.74) is 0. The van der Waals surface area contributed by atoms with Gasteiger partial charge in [0.2, 0.25) is 0 Å². The Balaban J connectivity index is 0. The average Bonchev–Trinajstić information content (AvgIpc) is 0. The van der Waals surface area contributed by atoms with E-state index in [-0.39, 0.29) is 144 Å². The van der Waals surface area contributed by atoms with Gasteiger partial charge in [0.15, 0.2) is 0 Å². The van der Waals surface area contributed by atoms with Crippen molar-refractivity contribution in [2.24, 2.45) is 0 Å². The maximum absolute atomic E-state index is 0. The number of hydrogen-bond donors (Lipinski definition) is 0. The fourth-order valence-electron chi connectivity index (χ4n) is 0. The molecule has 0 aliphatic heterocycles. The molecule has 0 aromatic carbocycles. The van der Waals surface area contributed by atoms with Crippen molar-refractivity contribution in [2.75, 3.05) is 0 Å². The van der Waals surface area contributed by atoms with Crippen LogP contribution in [0.15, 0.2) is 0 Å². The second-order valence-electron chi connectivity index (χ2n) is 0. The summed E-state index contributed by atoms with van der Waals surface area (Å²) in [5, 5.41) is 0. The van der Waals surface area contributed by atoms with Crippen LogP contribution in [0.5, 0.6) is 0 Å². The maximum atomic E-state index is 0. The van der Waals surface area contributed by atoms with E-state index in [2.05, 4.69) is 0 Å². The topological polar surface area (TPSA) is 0 Å². The largest absolute Gasteiger partial charge is 3.00 e. The molecule has 0 unspecified atom stereocenters. The Kier molecular flexibility index (Phi) is 250. The van der Waals surface area contributed by atoms with Crippen LogP contribution in [0.25, 0.3) is 0 Å². The number of hydrogen-bond acceptors (Lipinski definition) is 0. The van der Waals surface area contributed by atoms with Gasteiger partial charge in [0.25, 0.3) is 0 Å². The zero-order valence-electron chi connectivity index (χ0n) is 3.20. The molecule has 0 spiro atoms. The summed E-state index contributed by atoms with van der Waals surface area (Å²) in [7, 11) is 0. The van der Waals surface area contributed by atoms with Crippen LogP contribution in [0.2, 0.25) is 0 Å². The van der Waals surface area contributed by atoms with E-state index in [0.717, 1.165) is 0 Å². The van der Waals surface area contributed by atoms with Gasteiger partial charge in [-0.05, 0) is 0 Å². The van der Waals surface area contributed by atoms with Crippen molar-refractivity contribution < 1.29 is 0 Å². The molecule has 0 nitrogen and oxygen atoms in total. The van der Waals surface area contributed by atoms with Gasteiger partial charge in [-0.1, -0.05) is 0 Å². The second-order valence-corrected chi connectivity index (χ2v) is 0. The molecule has 0 N–H and O–H groups in total. The Hall–Kier alpha value is 4.75. The third-order valence-electron chi connectivity index (χ3n) is 0. The molecule has 0 amide bonds. The van der Waals surface area contributed by atoms with Gasteiger partial charge < -0.3 is 35.9 Å². The minimum absolute atomic E-state index is 0. The van der Waals surface area contributed by atoms with Crippen molar-refractivity contribution in [1.82, 2.24) is 0 Å². The van der Waals surface area contributed by atoms with Gasteiger partial charge in [0.05, 0.1) is 0 Å². The summed E-state index contributed by atoms with van der Waals surface area (Å²) in [4.78, 5) is 0. The van der Waals surface area contributed by atoms with Gasteiger partial charge in [-0.2, -0.15) is 0 Å². The first-order chi connectivity index (χ1) is 0. The summed E-state index contributed by atoms with van der Waals surface area (Å²) >= 11 is 0. The van der Waals surface area contributed by atoms with Gasteiger partial charge >= 0.3 is 108 Å². The van der Waals surface area contributed by atoms with Gasteiger partial charge in [0.1, 0.15) is 0 Å². The van der Waals surface area contributed by atoms with E-state index in [9.17, 15) is 0 Å². The summed E-state index contributed by atoms with van der Waals surface area (Å²) in [6.07, 6.45) is 0. The Bertz CT molecular complexity index is 8.75. The molecular formula is As2InTl3. The smallest absolute Gasteiger partial charge is 3.00 e. The minimum Gasteiger partial charge on any atom is -3.00 e. The Morgan fingerprint density at radius 2 is 0.500 bits per heavy atom. The SMILES string of the molecule is [As-3].[As-3].[In+3].[Tl+].[Tl+].[Tl+]. The maximum Gasteiger partial charge on any atom is 3.00 e. The first kappa shape index (κ1) is 45.3. The summed E-state index contributed by atoms with van der Waals surface area (Å²) in [6.45, 7) is 0.